The average Bonchev–Trinajstić information content (AvgIpc) is 2.96. The van der Waals surface area contributed by atoms with E-state index in [-0.39, 0.29) is 18.4 Å². The molecule has 0 bridgehead atoms. The lowest BCUT2D eigenvalue weighted by molar-refractivity contribution is -0.133. The number of hydrogen-bond donors (Lipinski definition) is 0. The van der Waals surface area contributed by atoms with E-state index >= 15 is 0 Å². The van der Waals surface area contributed by atoms with Gasteiger partial charge in [0.15, 0.2) is 5.82 Å². The molecule has 1 aliphatic rings. The molecule has 1 amide bonds. The number of amides is 1. The van der Waals surface area contributed by atoms with E-state index in [2.05, 4.69) is 20.3 Å². The maximum Gasteiger partial charge on any atom is 0.248 e. The Kier molecular flexibility index (Phi) is 4.88. The number of hydrogen-bond acceptors (Lipinski definition) is 7. The topological polar surface area (TPSA) is 89.3 Å². The summed E-state index contributed by atoms with van der Waals surface area (Å²) >= 11 is 0. The lowest BCUT2D eigenvalue weighted by atomic mass is 9.99. The van der Waals surface area contributed by atoms with E-state index < -0.39 is 5.82 Å². The highest BCUT2D eigenvalue weighted by molar-refractivity contribution is 5.76. The lowest BCUT2D eigenvalue weighted by Gasteiger charge is -2.32. The van der Waals surface area contributed by atoms with Gasteiger partial charge in [-0.1, -0.05) is 5.21 Å². The zero-order valence-electron chi connectivity index (χ0n) is 14.4. The van der Waals surface area contributed by atoms with Crippen LogP contribution in [0.3, 0.4) is 0 Å². The Hall–Kier alpha value is -2.62. The summed E-state index contributed by atoms with van der Waals surface area (Å²) in [6, 6.07) is 0. The zero-order valence-corrected chi connectivity index (χ0v) is 14.4. The molecule has 2 aromatic rings. The molecule has 0 saturated heterocycles. The van der Waals surface area contributed by atoms with E-state index in [9.17, 15) is 9.18 Å². The number of aromatic nitrogens is 5. The summed E-state index contributed by atoms with van der Waals surface area (Å²) in [6.45, 7) is 1.40. The second-order valence-corrected chi connectivity index (χ2v) is 6.13. The highest BCUT2D eigenvalue weighted by atomic mass is 19.1. The van der Waals surface area contributed by atoms with Crippen molar-refractivity contribution in [2.45, 2.75) is 12.5 Å². The predicted octanol–water partition coefficient (Wildman–Crippen LogP) is -0.0472. The molecule has 1 aliphatic heterocycles. The number of nitrogens with zero attached hydrogens (tertiary/aromatic N) is 7. The Labute approximate surface area is 144 Å². The van der Waals surface area contributed by atoms with Gasteiger partial charge in [-0.25, -0.2) is 14.4 Å². The van der Waals surface area contributed by atoms with Gasteiger partial charge in [0, 0.05) is 33.6 Å². The first kappa shape index (κ1) is 17.2. The highest BCUT2D eigenvalue weighted by Crippen LogP contribution is 2.28. The number of carbonyl (C=O) groups excluding carboxylic acids is 1. The van der Waals surface area contributed by atoms with Gasteiger partial charge in [0.05, 0.1) is 31.2 Å². The molecule has 3 rings (SSSR count). The van der Waals surface area contributed by atoms with Crippen molar-refractivity contribution in [1.29, 1.82) is 0 Å². The van der Waals surface area contributed by atoms with E-state index in [1.54, 1.807) is 18.8 Å². The van der Waals surface area contributed by atoms with Crippen molar-refractivity contribution in [3.63, 3.8) is 0 Å². The van der Waals surface area contributed by atoms with Crippen LogP contribution in [0.4, 0.5) is 10.3 Å². The fourth-order valence-corrected chi connectivity index (χ4v) is 2.79. The van der Waals surface area contributed by atoms with Crippen LogP contribution in [-0.4, -0.2) is 69.6 Å². The molecule has 0 saturated carbocycles. The molecule has 25 heavy (non-hydrogen) atoms. The zero-order chi connectivity index (χ0) is 18.0. The standard InChI is InChI=1S/C15H20FN7O2/c1-21(2)13(24)9-25-8-10-6-23(15-17-4-11(16)5-18-15)7-12-14(10)22(3)20-19-12/h4-5,10H,6-9H2,1-3H3. The summed E-state index contributed by atoms with van der Waals surface area (Å²) in [6.07, 6.45) is 2.27. The summed E-state index contributed by atoms with van der Waals surface area (Å²) in [4.78, 5) is 23.1. The van der Waals surface area contributed by atoms with E-state index in [1.165, 1.54) is 4.90 Å². The van der Waals surface area contributed by atoms with Crippen molar-refractivity contribution in [3.05, 3.63) is 29.6 Å². The summed E-state index contributed by atoms with van der Waals surface area (Å²) in [5.74, 6) is -0.208. The summed E-state index contributed by atoms with van der Waals surface area (Å²) in [5.41, 5.74) is 1.77. The van der Waals surface area contributed by atoms with E-state index in [0.717, 1.165) is 23.8 Å². The number of ether oxygens (including phenoxy) is 1. The number of fused-ring (bicyclic) bond motifs is 1. The quantitative estimate of drug-likeness (QED) is 0.748. The fourth-order valence-electron chi connectivity index (χ4n) is 2.79. The average molecular weight is 349 g/mol. The summed E-state index contributed by atoms with van der Waals surface area (Å²) < 4.78 is 20.4. The van der Waals surface area contributed by atoms with Crippen molar-refractivity contribution in [3.8, 4) is 0 Å². The van der Waals surface area contributed by atoms with Gasteiger partial charge < -0.3 is 14.5 Å². The van der Waals surface area contributed by atoms with E-state index in [0.29, 0.717) is 25.6 Å². The molecule has 0 N–H and O–H groups in total. The van der Waals surface area contributed by atoms with Crippen LogP contribution in [0.1, 0.15) is 17.3 Å². The van der Waals surface area contributed by atoms with Gasteiger partial charge >= 0.3 is 0 Å². The Morgan fingerprint density at radius 1 is 1.40 bits per heavy atom. The van der Waals surface area contributed by atoms with Crippen molar-refractivity contribution in [2.24, 2.45) is 7.05 Å². The molecular weight excluding hydrogens is 329 g/mol. The van der Waals surface area contributed by atoms with Gasteiger partial charge in [0.2, 0.25) is 11.9 Å². The molecule has 134 valence electrons. The first-order valence-electron chi connectivity index (χ1n) is 7.84. The second kappa shape index (κ2) is 7.09. The molecule has 9 nitrogen and oxygen atoms in total. The molecule has 1 atom stereocenters. The number of aryl methyl sites for hydroxylation is 1. The Balaban J connectivity index is 1.75. The number of carbonyl (C=O) groups is 1. The number of halogens is 1. The van der Waals surface area contributed by atoms with Gasteiger partial charge in [-0.2, -0.15) is 0 Å². The molecule has 0 aliphatic carbocycles. The molecule has 0 aromatic carbocycles. The minimum absolute atomic E-state index is 0.0111. The smallest absolute Gasteiger partial charge is 0.248 e. The van der Waals surface area contributed by atoms with Gasteiger partial charge in [0.1, 0.15) is 12.3 Å². The lowest BCUT2D eigenvalue weighted by Crippen LogP contribution is -2.38. The van der Waals surface area contributed by atoms with Crippen molar-refractivity contribution in [2.75, 3.05) is 38.8 Å². The molecule has 1 unspecified atom stereocenters. The predicted molar refractivity (Wildman–Crippen MR) is 86.3 cm³/mol. The van der Waals surface area contributed by atoms with Gasteiger partial charge in [0.25, 0.3) is 0 Å². The van der Waals surface area contributed by atoms with Gasteiger partial charge in [-0.05, 0) is 0 Å². The van der Waals surface area contributed by atoms with Crippen molar-refractivity contribution < 1.29 is 13.9 Å². The van der Waals surface area contributed by atoms with Crippen LogP contribution in [0.5, 0.6) is 0 Å². The first-order chi connectivity index (χ1) is 12.0. The Morgan fingerprint density at radius 2 is 2.12 bits per heavy atom. The maximum absolute atomic E-state index is 13.1. The normalized spacial score (nSPS) is 16.6. The molecule has 3 heterocycles. The fraction of sp³-hybridized carbons (Fsp3) is 0.533. The largest absolute Gasteiger partial charge is 0.371 e. The molecule has 0 spiro atoms. The molecule has 0 radical (unpaired) electrons. The third kappa shape index (κ3) is 3.73. The van der Waals surface area contributed by atoms with Crippen LogP contribution >= 0.6 is 0 Å². The SMILES string of the molecule is CN(C)C(=O)COCC1CN(c2ncc(F)cn2)Cc2nnn(C)c21. The first-order valence-corrected chi connectivity index (χ1v) is 7.84. The molecule has 0 fully saturated rings. The summed E-state index contributed by atoms with van der Waals surface area (Å²) in [7, 11) is 5.19. The van der Waals surface area contributed by atoms with Crippen LogP contribution in [0.25, 0.3) is 0 Å². The Bertz CT molecular complexity index is 747. The monoisotopic (exact) mass is 349 g/mol. The number of anilines is 1. The van der Waals surface area contributed by atoms with E-state index in [1.807, 2.05) is 11.9 Å². The second-order valence-electron chi connectivity index (χ2n) is 6.13. The minimum atomic E-state index is -0.483. The van der Waals surface area contributed by atoms with Gasteiger partial charge in [-0.15, -0.1) is 5.10 Å². The third-order valence-corrected chi connectivity index (χ3v) is 4.04. The molecule has 10 heteroatoms. The van der Waals surface area contributed by atoms with Crippen LogP contribution in [0.2, 0.25) is 0 Å². The number of rotatable bonds is 5. The number of likely N-dealkylation sites (N-methyl/N-ethyl adjacent to an activating group) is 1. The van der Waals surface area contributed by atoms with Crippen LogP contribution in [-0.2, 0) is 23.1 Å². The van der Waals surface area contributed by atoms with Crippen molar-refractivity contribution >= 4 is 11.9 Å². The summed E-state index contributed by atoms with van der Waals surface area (Å²) in [5, 5.41) is 8.25. The van der Waals surface area contributed by atoms with Crippen molar-refractivity contribution in [1.82, 2.24) is 29.9 Å². The van der Waals surface area contributed by atoms with Crippen LogP contribution in [0, 0.1) is 5.82 Å². The minimum Gasteiger partial charge on any atom is -0.371 e. The molecule has 2 aromatic heterocycles. The van der Waals surface area contributed by atoms with E-state index in [4.69, 9.17) is 4.74 Å². The van der Waals surface area contributed by atoms with Gasteiger partial charge in [-0.3, -0.25) is 9.48 Å². The maximum atomic E-state index is 13.1. The molecular formula is C15H20FN7O2. The Morgan fingerprint density at radius 3 is 2.80 bits per heavy atom. The van der Waals surface area contributed by atoms with Crippen LogP contribution < -0.4 is 4.90 Å². The third-order valence-electron chi connectivity index (χ3n) is 4.04. The highest BCUT2D eigenvalue weighted by Gasteiger charge is 2.31. The van der Waals surface area contributed by atoms with Crippen LogP contribution in [0.15, 0.2) is 12.4 Å².